The molecule has 0 aromatic heterocycles. The highest BCUT2D eigenvalue weighted by molar-refractivity contribution is 5.37. The fourth-order valence-electron chi connectivity index (χ4n) is 2.15. The second-order valence-electron chi connectivity index (χ2n) is 4.59. The van der Waals surface area contributed by atoms with Crippen molar-refractivity contribution in [3.8, 4) is 0 Å². The summed E-state index contributed by atoms with van der Waals surface area (Å²) in [5.41, 5.74) is 10.9. The fourth-order valence-corrected chi connectivity index (χ4v) is 2.15. The normalized spacial score (nSPS) is 19.9. The molecule has 76 valence electrons. The van der Waals surface area contributed by atoms with E-state index in [0.29, 0.717) is 0 Å². The molecule has 0 bridgehead atoms. The van der Waals surface area contributed by atoms with Gasteiger partial charge < -0.3 is 0 Å². The van der Waals surface area contributed by atoms with Crippen molar-refractivity contribution in [3.63, 3.8) is 0 Å². The molecule has 0 radical (unpaired) electrons. The molecule has 0 spiro atoms. The molecule has 1 heterocycles. The minimum Gasteiger partial charge on any atom is -0.257 e. The molecule has 2 N–H and O–H groups in total. The second-order valence-corrected chi connectivity index (χ2v) is 4.59. The van der Waals surface area contributed by atoms with E-state index < -0.39 is 0 Å². The van der Waals surface area contributed by atoms with E-state index in [0.717, 1.165) is 13.1 Å². The van der Waals surface area contributed by atoms with E-state index in [2.05, 4.69) is 49.8 Å². The first-order valence-corrected chi connectivity index (χ1v) is 5.15. The van der Waals surface area contributed by atoms with Gasteiger partial charge in [0.15, 0.2) is 0 Å². The standard InChI is InChI=1S/C12H18N2/c1-9-4-5-10(2)11(6-9)12(3)7-13-14-8-12/h4-6,13-14H,7-8H2,1-3H3. The minimum absolute atomic E-state index is 0.246. The van der Waals surface area contributed by atoms with Crippen LogP contribution in [-0.2, 0) is 5.41 Å². The minimum atomic E-state index is 0.246. The Hall–Kier alpha value is -0.860. The van der Waals surface area contributed by atoms with E-state index in [1.165, 1.54) is 16.7 Å². The van der Waals surface area contributed by atoms with Crippen molar-refractivity contribution in [2.75, 3.05) is 13.1 Å². The Bertz CT molecular complexity index is 338. The molecule has 1 saturated heterocycles. The first-order valence-electron chi connectivity index (χ1n) is 5.15. The highest BCUT2D eigenvalue weighted by Gasteiger charge is 2.31. The van der Waals surface area contributed by atoms with Gasteiger partial charge in [-0.25, -0.2) is 0 Å². The highest BCUT2D eigenvalue weighted by Crippen LogP contribution is 2.28. The lowest BCUT2D eigenvalue weighted by molar-refractivity contribution is 0.549. The molecule has 1 aliphatic heterocycles. The van der Waals surface area contributed by atoms with Crippen molar-refractivity contribution in [1.82, 2.24) is 10.9 Å². The van der Waals surface area contributed by atoms with Crippen LogP contribution in [0.15, 0.2) is 18.2 Å². The van der Waals surface area contributed by atoms with Crippen LogP contribution >= 0.6 is 0 Å². The van der Waals surface area contributed by atoms with Crippen LogP contribution in [0.2, 0.25) is 0 Å². The third-order valence-electron chi connectivity index (χ3n) is 3.13. The van der Waals surface area contributed by atoms with Gasteiger partial charge in [-0.05, 0) is 25.0 Å². The van der Waals surface area contributed by atoms with Crippen LogP contribution in [0.3, 0.4) is 0 Å². The first-order chi connectivity index (χ1) is 6.62. The second kappa shape index (κ2) is 3.37. The molecule has 0 aliphatic carbocycles. The maximum Gasteiger partial charge on any atom is 0.0207 e. The third kappa shape index (κ3) is 1.56. The third-order valence-corrected chi connectivity index (χ3v) is 3.13. The molecule has 0 atom stereocenters. The molecule has 1 aromatic rings. The molecule has 0 amide bonds. The predicted octanol–water partition coefficient (Wildman–Crippen LogP) is 1.67. The van der Waals surface area contributed by atoms with Crippen molar-refractivity contribution in [1.29, 1.82) is 0 Å². The van der Waals surface area contributed by atoms with E-state index >= 15 is 0 Å². The van der Waals surface area contributed by atoms with Crippen molar-refractivity contribution < 1.29 is 0 Å². The van der Waals surface area contributed by atoms with E-state index in [-0.39, 0.29) is 5.41 Å². The van der Waals surface area contributed by atoms with Gasteiger partial charge in [0, 0.05) is 18.5 Å². The Morgan fingerprint density at radius 3 is 2.43 bits per heavy atom. The zero-order valence-electron chi connectivity index (χ0n) is 9.15. The van der Waals surface area contributed by atoms with Crippen LogP contribution in [0.5, 0.6) is 0 Å². The summed E-state index contributed by atoms with van der Waals surface area (Å²) < 4.78 is 0. The van der Waals surface area contributed by atoms with Crippen molar-refractivity contribution in [2.24, 2.45) is 0 Å². The van der Waals surface area contributed by atoms with Crippen LogP contribution in [-0.4, -0.2) is 13.1 Å². The molecular weight excluding hydrogens is 172 g/mol. The molecular formula is C12H18N2. The molecule has 1 aromatic carbocycles. The van der Waals surface area contributed by atoms with Gasteiger partial charge in [0.1, 0.15) is 0 Å². The number of hydrazine groups is 1. The number of nitrogens with one attached hydrogen (secondary N) is 2. The van der Waals surface area contributed by atoms with Gasteiger partial charge in [0.05, 0.1) is 0 Å². The summed E-state index contributed by atoms with van der Waals surface area (Å²) in [5, 5.41) is 0. The van der Waals surface area contributed by atoms with Crippen LogP contribution < -0.4 is 10.9 Å². The van der Waals surface area contributed by atoms with Crippen molar-refractivity contribution >= 4 is 0 Å². The first kappa shape index (κ1) is 9.69. The zero-order chi connectivity index (χ0) is 10.2. The summed E-state index contributed by atoms with van der Waals surface area (Å²) in [6.45, 7) is 8.68. The molecule has 1 aliphatic rings. The molecule has 2 rings (SSSR count). The largest absolute Gasteiger partial charge is 0.257 e. The van der Waals surface area contributed by atoms with E-state index in [1.807, 2.05) is 0 Å². The summed E-state index contributed by atoms with van der Waals surface area (Å²) >= 11 is 0. The number of hydrogen-bond acceptors (Lipinski definition) is 2. The summed E-state index contributed by atoms with van der Waals surface area (Å²) in [4.78, 5) is 0. The van der Waals surface area contributed by atoms with Gasteiger partial charge in [-0.3, -0.25) is 10.9 Å². The molecule has 2 heteroatoms. The Labute approximate surface area is 85.7 Å². The van der Waals surface area contributed by atoms with E-state index in [9.17, 15) is 0 Å². The van der Waals surface area contributed by atoms with Crippen LogP contribution in [0.25, 0.3) is 0 Å². The number of aryl methyl sites for hydroxylation is 2. The Balaban J connectivity index is 2.44. The Kier molecular flexibility index (Phi) is 2.33. The lowest BCUT2D eigenvalue weighted by Gasteiger charge is -2.24. The van der Waals surface area contributed by atoms with Gasteiger partial charge in [-0.1, -0.05) is 30.7 Å². The number of rotatable bonds is 1. The monoisotopic (exact) mass is 190 g/mol. The Morgan fingerprint density at radius 1 is 1.14 bits per heavy atom. The average molecular weight is 190 g/mol. The van der Waals surface area contributed by atoms with E-state index in [4.69, 9.17) is 0 Å². The fraction of sp³-hybridized carbons (Fsp3) is 0.500. The smallest absolute Gasteiger partial charge is 0.0207 e. The lowest BCUT2D eigenvalue weighted by Crippen LogP contribution is -2.28. The summed E-state index contributed by atoms with van der Waals surface area (Å²) in [6, 6.07) is 6.70. The Morgan fingerprint density at radius 2 is 1.79 bits per heavy atom. The van der Waals surface area contributed by atoms with Crippen LogP contribution in [0.4, 0.5) is 0 Å². The quantitative estimate of drug-likeness (QED) is 0.704. The molecule has 2 nitrogen and oxygen atoms in total. The predicted molar refractivity (Wildman–Crippen MR) is 59.3 cm³/mol. The lowest BCUT2D eigenvalue weighted by atomic mass is 9.80. The van der Waals surface area contributed by atoms with Crippen molar-refractivity contribution in [3.05, 3.63) is 34.9 Å². The van der Waals surface area contributed by atoms with Gasteiger partial charge in [0.25, 0.3) is 0 Å². The molecule has 1 fully saturated rings. The van der Waals surface area contributed by atoms with Gasteiger partial charge in [0.2, 0.25) is 0 Å². The van der Waals surface area contributed by atoms with Crippen LogP contribution in [0.1, 0.15) is 23.6 Å². The maximum absolute atomic E-state index is 3.21. The summed E-state index contributed by atoms with van der Waals surface area (Å²) in [5.74, 6) is 0. The van der Waals surface area contributed by atoms with Gasteiger partial charge in [-0.15, -0.1) is 0 Å². The van der Waals surface area contributed by atoms with Gasteiger partial charge in [-0.2, -0.15) is 0 Å². The maximum atomic E-state index is 3.21. The molecule has 0 saturated carbocycles. The molecule has 0 unspecified atom stereocenters. The van der Waals surface area contributed by atoms with Crippen LogP contribution in [0, 0.1) is 13.8 Å². The summed E-state index contributed by atoms with van der Waals surface area (Å²) in [7, 11) is 0. The highest BCUT2D eigenvalue weighted by atomic mass is 15.4. The topological polar surface area (TPSA) is 24.1 Å². The zero-order valence-corrected chi connectivity index (χ0v) is 9.15. The average Bonchev–Trinajstić information content (AvgIpc) is 2.58. The SMILES string of the molecule is Cc1ccc(C)c(C2(C)CNNC2)c1. The van der Waals surface area contributed by atoms with E-state index in [1.54, 1.807) is 0 Å². The van der Waals surface area contributed by atoms with Gasteiger partial charge >= 0.3 is 0 Å². The van der Waals surface area contributed by atoms with Crippen molar-refractivity contribution in [2.45, 2.75) is 26.2 Å². The molecule has 14 heavy (non-hydrogen) atoms. The number of hydrogen-bond donors (Lipinski definition) is 2. The summed E-state index contributed by atoms with van der Waals surface area (Å²) in [6.07, 6.45) is 0. The number of benzene rings is 1.